The Morgan fingerprint density at radius 1 is 1.39 bits per heavy atom. The van der Waals surface area contributed by atoms with Crippen LogP contribution in [0.25, 0.3) is 0 Å². The molecule has 18 heavy (non-hydrogen) atoms. The Labute approximate surface area is 111 Å². The van der Waals surface area contributed by atoms with Gasteiger partial charge in [-0.2, -0.15) is 0 Å². The monoisotopic (exact) mass is 252 g/mol. The van der Waals surface area contributed by atoms with Crippen LogP contribution in [0.5, 0.6) is 0 Å². The van der Waals surface area contributed by atoms with Gasteiger partial charge >= 0.3 is 0 Å². The molecule has 2 heterocycles. The Kier molecular flexibility index (Phi) is 4.66. The molecule has 0 saturated carbocycles. The molecule has 3 heteroatoms. The number of carbonyl (C=O) groups excluding carboxylic acids is 1. The second kappa shape index (κ2) is 6.05. The first-order valence-electron chi connectivity index (χ1n) is 7.59. The van der Waals surface area contributed by atoms with Gasteiger partial charge in [-0.3, -0.25) is 4.79 Å². The molecule has 0 radical (unpaired) electrons. The highest BCUT2D eigenvalue weighted by molar-refractivity contribution is 5.77. The summed E-state index contributed by atoms with van der Waals surface area (Å²) in [6, 6.07) is 0.407. The molecule has 104 valence electrons. The van der Waals surface area contributed by atoms with Crippen LogP contribution in [-0.2, 0) is 4.79 Å². The van der Waals surface area contributed by atoms with Crippen molar-refractivity contribution in [3.05, 3.63) is 0 Å². The molecule has 3 atom stereocenters. The van der Waals surface area contributed by atoms with Crippen molar-refractivity contribution in [1.82, 2.24) is 10.2 Å². The number of hydrogen-bond donors (Lipinski definition) is 1. The van der Waals surface area contributed by atoms with Crippen molar-refractivity contribution in [3.63, 3.8) is 0 Å². The van der Waals surface area contributed by atoms with Crippen LogP contribution in [0.3, 0.4) is 0 Å². The van der Waals surface area contributed by atoms with Gasteiger partial charge in [0, 0.05) is 25.6 Å². The van der Waals surface area contributed by atoms with Crippen molar-refractivity contribution in [3.8, 4) is 0 Å². The first-order valence-corrected chi connectivity index (χ1v) is 7.59. The molecule has 0 aliphatic carbocycles. The smallest absolute Gasteiger partial charge is 0.224 e. The Morgan fingerprint density at radius 3 is 2.78 bits per heavy atom. The average molecular weight is 252 g/mol. The Balaban J connectivity index is 1.81. The normalized spacial score (nSPS) is 33.1. The van der Waals surface area contributed by atoms with Gasteiger partial charge in [-0.25, -0.2) is 0 Å². The molecule has 2 aliphatic heterocycles. The molecule has 0 spiro atoms. The number of rotatable bonds is 3. The molecule has 1 amide bonds. The molecule has 3 unspecified atom stereocenters. The highest BCUT2D eigenvalue weighted by Gasteiger charge is 2.30. The third kappa shape index (κ3) is 3.25. The number of hydrogen-bond acceptors (Lipinski definition) is 2. The van der Waals surface area contributed by atoms with Gasteiger partial charge in [-0.15, -0.1) is 0 Å². The Hall–Kier alpha value is -0.570. The van der Waals surface area contributed by atoms with Crippen LogP contribution in [-0.4, -0.2) is 36.5 Å². The quantitative estimate of drug-likeness (QED) is 0.835. The lowest BCUT2D eigenvalue weighted by Crippen LogP contribution is -2.44. The largest absolute Gasteiger partial charge is 0.342 e. The summed E-state index contributed by atoms with van der Waals surface area (Å²) in [6.07, 6.45) is 4.41. The van der Waals surface area contributed by atoms with Crippen LogP contribution in [0, 0.1) is 17.8 Å². The summed E-state index contributed by atoms with van der Waals surface area (Å²) in [5.74, 6) is 2.43. The molecular weight excluding hydrogens is 224 g/mol. The minimum Gasteiger partial charge on any atom is -0.342 e. The van der Waals surface area contributed by atoms with E-state index in [4.69, 9.17) is 0 Å². The molecule has 0 aromatic heterocycles. The van der Waals surface area contributed by atoms with E-state index in [0.29, 0.717) is 36.1 Å². The predicted molar refractivity (Wildman–Crippen MR) is 74.3 cm³/mol. The summed E-state index contributed by atoms with van der Waals surface area (Å²) in [5.41, 5.74) is 0. The summed E-state index contributed by atoms with van der Waals surface area (Å²) >= 11 is 0. The van der Waals surface area contributed by atoms with Crippen molar-refractivity contribution in [2.45, 2.75) is 52.5 Å². The predicted octanol–water partition coefficient (Wildman–Crippen LogP) is 2.27. The van der Waals surface area contributed by atoms with E-state index in [1.54, 1.807) is 0 Å². The topological polar surface area (TPSA) is 32.3 Å². The third-order valence-electron chi connectivity index (χ3n) is 4.84. The standard InChI is InChI=1S/C15H28N2O/c1-11(2)13-6-8-17(10-13)15(18)9-14-12(3)5-4-7-16-14/h11-14,16H,4-10H2,1-3H3. The van der Waals surface area contributed by atoms with E-state index >= 15 is 0 Å². The molecule has 0 aromatic rings. The zero-order valence-electron chi connectivity index (χ0n) is 12.1. The highest BCUT2D eigenvalue weighted by atomic mass is 16.2. The second-order valence-corrected chi connectivity index (χ2v) is 6.52. The van der Waals surface area contributed by atoms with Crippen molar-refractivity contribution in [1.29, 1.82) is 0 Å². The van der Waals surface area contributed by atoms with Crippen LogP contribution in [0.2, 0.25) is 0 Å². The Bertz CT molecular complexity index is 290. The van der Waals surface area contributed by atoms with Crippen LogP contribution in [0.15, 0.2) is 0 Å². The fraction of sp³-hybridized carbons (Fsp3) is 0.933. The zero-order chi connectivity index (χ0) is 13.1. The minimum absolute atomic E-state index is 0.365. The van der Waals surface area contributed by atoms with E-state index < -0.39 is 0 Å². The van der Waals surface area contributed by atoms with E-state index in [2.05, 4.69) is 31.0 Å². The molecule has 2 aliphatic rings. The molecule has 2 rings (SSSR count). The number of nitrogens with zero attached hydrogens (tertiary/aromatic N) is 1. The molecule has 0 aromatic carbocycles. The third-order valence-corrected chi connectivity index (χ3v) is 4.84. The average Bonchev–Trinajstić information content (AvgIpc) is 2.81. The van der Waals surface area contributed by atoms with E-state index in [9.17, 15) is 4.79 Å². The molecule has 1 N–H and O–H groups in total. The summed E-state index contributed by atoms with van der Waals surface area (Å²) in [7, 11) is 0. The van der Waals surface area contributed by atoms with E-state index in [1.807, 2.05) is 0 Å². The summed E-state index contributed by atoms with van der Waals surface area (Å²) in [6.45, 7) is 9.84. The summed E-state index contributed by atoms with van der Waals surface area (Å²) in [5, 5.41) is 3.51. The van der Waals surface area contributed by atoms with Gasteiger partial charge in [-0.05, 0) is 43.6 Å². The lowest BCUT2D eigenvalue weighted by atomic mass is 9.90. The summed E-state index contributed by atoms with van der Waals surface area (Å²) < 4.78 is 0. The first-order chi connectivity index (χ1) is 8.58. The van der Waals surface area contributed by atoms with Crippen molar-refractivity contribution in [2.24, 2.45) is 17.8 Å². The fourth-order valence-electron chi connectivity index (χ4n) is 3.26. The maximum Gasteiger partial charge on any atom is 0.224 e. The van der Waals surface area contributed by atoms with Gasteiger partial charge < -0.3 is 10.2 Å². The SMILES string of the molecule is CC(C)C1CCN(C(=O)CC2NCCCC2C)C1. The van der Waals surface area contributed by atoms with Gasteiger partial charge in [0.25, 0.3) is 0 Å². The maximum absolute atomic E-state index is 12.3. The number of carbonyl (C=O) groups is 1. The van der Waals surface area contributed by atoms with Gasteiger partial charge in [0.05, 0.1) is 0 Å². The van der Waals surface area contributed by atoms with E-state index in [0.717, 1.165) is 19.6 Å². The van der Waals surface area contributed by atoms with E-state index in [-0.39, 0.29) is 0 Å². The van der Waals surface area contributed by atoms with Gasteiger partial charge in [0.1, 0.15) is 0 Å². The molecule has 3 nitrogen and oxygen atoms in total. The Morgan fingerprint density at radius 2 is 2.17 bits per heavy atom. The van der Waals surface area contributed by atoms with Crippen molar-refractivity contribution >= 4 is 5.91 Å². The maximum atomic E-state index is 12.3. The molecule has 2 fully saturated rings. The second-order valence-electron chi connectivity index (χ2n) is 6.52. The summed E-state index contributed by atoms with van der Waals surface area (Å²) in [4.78, 5) is 14.4. The minimum atomic E-state index is 0.365. The lowest BCUT2D eigenvalue weighted by molar-refractivity contribution is -0.131. The van der Waals surface area contributed by atoms with Gasteiger partial charge in [0.15, 0.2) is 0 Å². The fourth-order valence-corrected chi connectivity index (χ4v) is 3.26. The van der Waals surface area contributed by atoms with Crippen molar-refractivity contribution < 1.29 is 4.79 Å². The van der Waals surface area contributed by atoms with Gasteiger partial charge in [-0.1, -0.05) is 20.8 Å². The molecular formula is C15H28N2O. The number of likely N-dealkylation sites (tertiary alicyclic amines) is 1. The van der Waals surface area contributed by atoms with Gasteiger partial charge in [0.2, 0.25) is 5.91 Å². The number of piperidine rings is 1. The number of amides is 1. The first kappa shape index (κ1) is 13.9. The van der Waals surface area contributed by atoms with Crippen molar-refractivity contribution in [2.75, 3.05) is 19.6 Å². The zero-order valence-corrected chi connectivity index (χ0v) is 12.1. The lowest BCUT2D eigenvalue weighted by Gasteiger charge is -2.31. The molecule has 0 bridgehead atoms. The highest BCUT2D eigenvalue weighted by Crippen LogP contribution is 2.25. The van der Waals surface area contributed by atoms with E-state index in [1.165, 1.54) is 19.3 Å². The van der Waals surface area contributed by atoms with Crippen LogP contribution in [0.1, 0.15) is 46.5 Å². The van der Waals surface area contributed by atoms with Crippen LogP contribution < -0.4 is 5.32 Å². The van der Waals surface area contributed by atoms with Crippen LogP contribution in [0.4, 0.5) is 0 Å². The molecule has 2 saturated heterocycles. The number of nitrogens with one attached hydrogen (secondary N) is 1. The van der Waals surface area contributed by atoms with Crippen LogP contribution >= 0.6 is 0 Å².